The molecule has 0 atom stereocenters. The summed E-state index contributed by atoms with van der Waals surface area (Å²) in [6, 6.07) is 74.7. The first-order chi connectivity index (χ1) is 32.7. The Kier molecular flexibility index (Phi) is 7.91. The number of para-hydroxylation sites is 2. The molecule has 0 aliphatic carbocycles. The molecule has 0 spiro atoms. The molecule has 0 radical (unpaired) electrons. The Morgan fingerprint density at radius 1 is 0.242 bits per heavy atom. The number of aromatic nitrogens is 3. The summed E-state index contributed by atoms with van der Waals surface area (Å²) in [5.74, 6) is 1.78. The predicted octanol–water partition coefficient (Wildman–Crippen LogP) is 16.6. The van der Waals surface area contributed by atoms with Crippen LogP contribution < -0.4 is 0 Å². The van der Waals surface area contributed by atoms with E-state index in [0.717, 1.165) is 110 Å². The number of benzene rings is 11. The van der Waals surface area contributed by atoms with Crippen molar-refractivity contribution in [2.45, 2.75) is 0 Å². The molecule has 0 fully saturated rings. The smallest absolute Gasteiger partial charge is 0.164 e. The lowest BCUT2D eigenvalue weighted by atomic mass is 9.92. The minimum atomic E-state index is 0.588. The molecule has 66 heavy (non-hydrogen) atoms. The van der Waals surface area contributed by atoms with Gasteiger partial charge in [-0.05, 0) is 126 Å². The first-order valence-electron chi connectivity index (χ1n) is 22.2. The Morgan fingerprint density at radius 3 is 1.65 bits per heavy atom. The maximum atomic E-state index is 6.34. The van der Waals surface area contributed by atoms with Crippen LogP contribution in [-0.4, -0.2) is 15.0 Å². The Labute approximate surface area is 377 Å². The van der Waals surface area contributed by atoms with Gasteiger partial charge < -0.3 is 8.83 Å². The number of hydrogen-bond donors (Lipinski definition) is 0. The molecule has 5 nitrogen and oxygen atoms in total. The van der Waals surface area contributed by atoms with Gasteiger partial charge in [0, 0.05) is 38.2 Å². The Hall–Kier alpha value is -8.93. The molecule has 0 saturated heterocycles. The van der Waals surface area contributed by atoms with E-state index in [1.54, 1.807) is 0 Å². The van der Waals surface area contributed by atoms with Crippen LogP contribution in [0.15, 0.2) is 221 Å². The largest absolute Gasteiger partial charge is 0.456 e. The maximum absolute atomic E-state index is 6.34. The van der Waals surface area contributed by atoms with Crippen molar-refractivity contribution in [1.82, 2.24) is 15.0 Å². The third-order valence-electron chi connectivity index (χ3n) is 13.3. The highest BCUT2D eigenvalue weighted by atomic mass is 16.3. The standard InChI is InChI=1S/C61H35N3O2/c1-2-13-37-30-40(26-24-36(37)12-1)52-34-43(31-39-14-3-4-15-44(39)52)60-62-59(41-27-25-38-33-53-48-18-7-9-21-54(48)66-57(53)35-42(38)32-41)63-61(64-60)50-29-28-47(45-16-5-6-17-46(45)50)49-20-11-23-56-58(49)51-19-8-10-22-55(51)65-56/h1-35H. The zero-order chi connectivity index (χ0) is 43.3. The molecule has 0 bridgehead atoms. The zero-order valence-corrected chi connectivity index (χ0v) is 35.4. The van der Waals surface area contributed by atoms with Crippen LogP contribution in [0.2, 0.25) is 0 Å². The van der Waals surface area contributed by atoms with Crippen LogP contribution in [-0.2, 0) is 0 Å². The minimum Gasteiger partial charge on any atom is -0.456 e. The summed E-state index contributed by atoms with van der Waals surface area (Å²) in [7, 11) is 0. The van der Waals surface area contributed by atoms with Crippen LogP contribution >= 0.6 is 0 Å². The molecule has 3 heterocycles. The molecular formula is C61H35N3O2. The number of fused-ring (bicyclic) bond motifs is 10. The van der Waals surface area contributed by atoms with E-state index in [9.17, 15) is 0 Å². The van der Waals surface area contributed by atoms with Crippen molar-refractivity contribution >= 4 is 87.0 Å². The summed E-state index contributed by atoms with van der Waals surface area (Å²) in [6.45, 7) is 0. The van der Waals surface area contributed by atoms with Crippen molar-refractivity contribution in [1.29, 1.82) is 0 Å². The van der Waals surface area contributed by atoms with Gasteiger partial charge in [-0.2, -0.15) is 0 Å². The molecule has 14 rings (SSSR count). The lowest BCUT2D eigenvalue weighted by Gasteiger charge is -2.15. The first-order valence-corrected chi connectivity index (χ1v) is 22.2. The normalized spacial score (nSPS) is 11.9. The lowest BCUT2D eigenvalue weighted by molar-refractivity contribution is 0.669. The number of furan rings is 2. The van der Waals surface area contributed by atoms with Crippen LogP contribution in [0.5, 0.6) is 0 Å². The number of nitrogens with zero attached hydrogens (tertiary/aromatic N) is 3. The predicted molar refractivity (Wildman–Crippen MR) is 272 cm³/mol. The van der Waals surface area contributed by atoms with E-state index in [1.165, 1.54) is 16.2 Å². The third-order valence-corrected chi connectivity index (χ3v) is 13.3. The molecule has 11 aromatic carbocycles. The minimum absolute atomic E-state index is 0.588. The molecule has 0 saturated carbocycles. The molecule has 0 aliphatic rings. The number of hydrogen-bond acceptors (Lipinski definition) is 5. The van der Waals surface area contributed by atoms with E-state index >= 15 is 0 Å². The Balaban J connectivity index is 0.996. The van der Waals surface area contributed by atoms with Crippen LogP contribution in [0.4, 0.5) is 0 Å². The van der Waals surface area contributed by atoms with Crippen molar-refractivity contribution < 1.29 is 8.83 Å². The zero-order valence-electron chi connectivity index (χ0n) is 35.4. The van der Waals surface area contributed by atoms with Gasteiger partial charge in [0.1, 0.15) is 22.3 Å². The summed E-state index contributed by atoms with van der Waals surface area (Å²) >= 11 is 0. The maximum Gasteiger partial charge on any atom is 0.164 e. The summed E-state index contributed by atoms with van der Waals surface area (Å²) in [6.07, 6.45) is 0. The van der Waals surface area contributed by atoms with Crippen LogP contribution in [0.25, 0.3) is 143 Å². The molecular weight excluding hydrogens is 807 g/mol. The molecule has 5 heteroatoms. The van der Waals surface area contributed by atoms with Gasteiger partial charge in [0.15, 0.2) is 17.5 Å². The van der Waals surface area contributed by atoms with Crippen LogP contribution in [0.1, 0.15) is 0 Å². The molecule has 0 N–H and O–H groups in total. The fourth-order valence-corrected chi connectivity index (χ4v) is 10.1. The second-order valence-electron chi connectivity index (χ2n) is 17.1. The Morgan fingerprint density at radius 2 is 0.803 bits per heavy atom. The van der Waals surface area contributed by atoms with Crippen molar-refractivity contribution in [2.75, 3.05) is 0 Å². The van der Waals surface area contributed by atoms with Gasteiger partial charge in [-0.25, -0.2) is 15.0 Å². The topological polar surface area (TPSA) is 65.0 Å². The highest BCUT2D eigenvalue weighted by Gasteiger charge is 2.20. The van der Waals surface area contributed by atoms with Crippen LogP contribution in [0, 0.1) is 0 Å². The highest BCUT2D eigenvalue weighted by molar-refractivity contribution is 6.16. The van der Waals surface area contributed by atoms with Gasteiger partial charge >= 0.3 is 0 Å². The molecule has 14 aromatic rings. The molecule has 3 aromatic heterocycles. The average Bonchev–Trinajstić information content (AvgIpc) is 3.95. The van der Waals surface area contributed by atoms with Crippen molar-refractivity contribution in [3.05, 3.63) is 212 Å². The second-order valence-corrected chi connectivity index (χ2v) is 17.1. The molecule has 0 aliphatic heterocycles. The van der Waals surface area contributed by atoms with Gasteiger partial charge in [-0.15, -0.1) is 0 Å². The SMILES string of the molecule is c1ccc2cc(-c3cc(-c4nc(-c5ccc6cc7c(cc6c5)oc5ccccc57)nc(-c5ccc(-c6cccc7oc8ccccc8c67)c6ccccc56)n4)cc4ccccc34)ccc2c1. The molecule has 0 amide bonds. The van der Waals surface area contributed by atoms with Gasteiger partial charge in [-0.3, -0.25) is 0 Å². The van der Waals surface area contributed by atoms with Gasteiger partial charge in [-0.1, -0.05) is 152 Å². The van der Waals surface area contributed by atoms with Crippen molar-refractivity contribution in [3.63, 3.8) is 0 Å². The lowest BCUT2D eigenvalue weighted by Crippen LogP contribution is -2.01. The van der Waals surface area contributed by atoms with Gasteiger partial charge in [0.05, 0.1) is 0 Å². The quantitative estimate of drug-likeness (QED) is 0.173. The monoisotopic (exact) mass is 841 g/mol. The molecule has 0 unspecified atom stereocenters. The summed E-state index contributed by atoms with van der Waals surface area (Å²) in [4.78, 5) is 16.1. The van der Waals surface area contributed by atoms with E-state index in [1.807, 2.05) is 30.3 Å². The van der Waals surface area contributed by atoms with Crippen molar-refractivity contribution in [2.24, 2.45) is 0 Å². The fourth-order valence-electron chi connectivity index (χ4n) is 10.1. The highest BCUT2D eigenvalue weighted by Crippen LogP contribution is 2.43. The summed E-state index contributed by atoms with van der Waals surface area (Å²) in [5.41, 5.74) is 10.7. The number of rotatable bonds is 5. The average molecular weight is 842 g/mol. The van der Waals surface area contributed by atoms with Crippen molar-refractivity contribution in [3.8, 4) is 56.4 Å². The molecule has 306 valence electrons. The van der Waals surface area contributed by atoms with E-state index in [2.05, 4.69) is 182 Å². The van der Waals surface area contributed by atoms with E-state index in [0.29, 0.717) is 17.5 Å². The Bertz CT molecular complexity index is 4310. The van der Waals surface area contributed by atoms with E-state index in [-0.39, 0.29) is 0 Å². The van der Waals surface area contributed by atoms with Crippen LogP contribution in [0.3, 0.4) is 0 Å². The first kappa shape index (κ1) is 36.5. The summed E-state index contributed by atoms with van der Waals surface area (Å²) < 4.78 is 12.7. The second kappa shape index (κ2) is 14.3. The van der Waals surface area contributed by atoms with E-state index < -0.39 is 0 Å². The summed E-state index contributed by atoms with van der Waals surface area (Å²) in [5, 5.41) is 13.4. The van der Waals surface area contributed by atoms with E-state index in [4.69, 9.17) is 23.8 Å². The third kappa shape index (κ3) is 5.77. The fraction of sp³-hybridized carbons (Fsp3) is 0. The van der Waals surface area contributed by atoms with Gasteiger partial charge in [0.2, 0.25) is 0 Å². The van der Waals surface area contributed by atoms with Gasteiger partial charge in [0.25, 0.3) is 0 Å².